The van der Waals surface area contributed by atoms with Crippen molar-refractivity contribution in [2.75, 3.05) is 24.5 Å². The van der Waals surface area contributed by atoms with Crippen molar-refractivity contribution in [1.82, 2.24) is 19.4 Å². The van der Waals surface area contributed by atoms with E-state index < -0.39 is 5.56 Å². The summed E-state index contributed by atoms with van der Waals surface area (Å²) in [6.07, 6.45) is 0. The molecule has 1 fully saturated rings. The Morgan fingerprint density at radius 2 is 1.79 bits per heavy atom. The molecule has 38 heavy (non-hydrogen) atoms. The third-order valence-corrected chi connectivity index (χ3v) is 7.14. The lowest BCUT2D eigenvalue weighted by molar-refractivity contribution is 0.147. The lowest BCUT2D eigenvalue weighted by Crippen LogP contribution is -2.54. The van der Waals surface area contributed by atoms with Gasteiger partial charge in [-0.3, -0.25) is 14.7 Å². The molecule has 1 unspecified atom stereocenters. The zero-order valence-electron chi connectivity index (χ0n) is 21.4. The second kappa shape index (κ2) is 10.0. The highest BCUT2D eigenvalue weighted by Crippen LogP contribution is 2.34. The Kier molecular flexibility index (Phi) is 6.62. The first-order chi connectivity index (χ1) is 18.3. The molecule has 0 bridgehead atoms. The zero-order chi connectivity index (χ0) is 27.0. The van der Waals surface area contributed by atoms with E-state index in [0.29, 0.717) is 36.4 Å². The van der Waals surface area contributed by atoms with Gasteiger partial charge in [0.25, 0.3) is 5.56 Å². The smallest absolute Gasteiger partial charge is 0.270 e. The number of aromatic nitrogens is 3. The number of pyridine rings is 3. The van der Waals surface area contributed by atoms with Crippen LogP contribution >= 0.6 is 0 Å². The Bertz CT molecular complexity index is 1670. The molecule has 9 heteroatoms. The monoisotopic (exact) mass is 507 g/mol. The first-order valence-corrected chi connectivity index (χ1v) is 12.4. The molecule has 3 aromatic heterocycles. The van der Waals surface area contributed by atoms with Crippen LogP contribution in [0.15, 0.2) is 59.4 Å². The summed E-state index contributed by atoms with van der Waals surface area (Å²) in [5.74, 6) is -0.298. The van der Waals surface area contributed by atoms with Crippen LogP contribution in [0, 0.1) is 35.4 Å². The van der Waals surface area contributed by atoms with Gasteiger partial charge in [0.05, 0.1) is 22.9 Å². The van der Waals surface area contributed by atoms with Crippen molar-refractivity contribution in [2.24, 2.45) is 7.05 Å². The molecule has 0 aliphatic carbocycles. The van der Waals surface area contributed by atoms with Crippen molar-refractivity contribution >= 4 is 16.7 Å². The lowest BCUT2D eigenvalue weighted by Gasteiger charge is -2.45. The van der Waals surface area contributed by atoms with Gasteiger partial charge in [0, 0.05) is 38.4 Å². The number of hydrogen-bond donors (Lipinski definition) is 0. The number of rotatable bonds is 4. The number of hydrogen-bond acceptors (Lipinski definition) is 7. The molecule has 4 heterocycles. The van der Waals surface area contributed by atoms with Crippen LogP contribution in [0.25, 0.3) is 11.0 Å². The number of aryl methyl sites for hydroxylation is 2. The van der Waals surface area contributed by atoms with E-state index in [-0.39, 0.29) is 29.2 Å². The third-order valence-electron chi connectivity index (χ3n) is 7.14. The van der Waals surface area contributed by atoms with Crippen molar-refractivity contribution in [3.63, 3.8) is 0 Å². The van der Waals surface area contributed by atoms with Gasteiger partial charge < -0.3 is 9.47 Å². The predicted molar refractivity (Wildman–Crippen MR) is 142 cm³/mol. The SMILES string of the molecule is Cc1cccc(C(c2ccc(F)cc2)N2CCN(c3c(C#N)c(=O)n(C)c4ccc(C#N)nc34)C[C@H]2C)n1. The minimum absolute atomic E-state index is 0.0127. The molecule has 5 rings (SSSR count). The molecule has 1 aliphatic heterocycles. The molecular weight excluding hydrogens is 481 g/mol. The summed E-state index contributed by atoms with van der Waals surface area (Å²) in [4.78, 5) is 26.7. The van der Waals surface area contributed by atoms with Crippen LogP contribution in [0.2, 0.25) is 0 Å². The van der Waals surface area contributed by atoms with Crippen molar-refractivity contribution in [3.8, 4) is 12.1 Å². The fourth-order valence-electron chi connectivity index (χ4n) is 5.32. The van der Waals surface area contributed by atoms with E-state index in [1.54, 1.807) is 31.3 Å². The summed E-state index contributed by atoms with van der Waals surface area (Å²) in [6.45, 7) is 5.65. The molecular formula is C29H26FN7O. The number of anilines is 1. The van der Waals surface area contributed by atoms with Gasteiger partial charge in [-0.1, -0.05) is 18.2 Å². The summed E-state index contributed by atoms with van der Waals surface area (Å²) >= 11 is 0. The van der Waals surface area contributed by atoms with Crippen molar-refractivity contribution < 1.29 is 4.39 Å². The molecule has 0 amide bonds. The molecule has 0 saturated carbocycles. The maximum Gasteiger partial charge on any atom is 0.270 e. The zero-order valence-corrected chi connectivity index (χ0v) is 21.4. The minimum atomic E-state index is -0.398. The standard InChI is InChI=1S/C29H26FN7O/c1-18-5-4-6-24(33-18)27(20-7-9-21(30)10-8-20)37-14-13-36(17-19(37)2)28-23(16-32)29(38)35(3)25-12-11-22(15-31)34-26(25)28/h4-12,19,27H,13-14,17H2,1-3H3/t19-,27?/m1/s1. The highest BCUT2D eigenvalue weighted by molar-refractivity contribution is 5.92. The molecule has 2 atom stereocenters. The number of piperazine rings is 1. The van der Waals surface area contributed by atoms with E-state index in [4.69, 9.17) is 4.98 Å². The highest BCUT2D eigenvalue weighted by atomic mass is 19.1. The van der Waals surface area contributed by atoms with Crippen molar-refractivity contribution in [1.29, 1.82) is 10.5 Å². The van der Waals surface area contributed by atoms with E-state index in [1.165, 1.54) is 16.7 Å². The maximum atomic E-state index is 13.8. The average molecular weight is 508 g/mol. The summed E-state index contributed by atoms with van der Waals surface area (Å²) < 4.78 is 15.2. The highest BCUT2D eigenvalue weighted by Gasteiger charge is 2.34. The van der Waals surface area contributed by atoms with Gasteiger partial charge in [-0.15, -0.1) is 0 Å². The Morgan fingerprint density at radius 1 is 1.03 bits per heavy atom. The van der Waals surface area contributed by atoms with Crippen molar-refractivity contribution in [2.45, 2.75) is 25.9 Å². The number of fused-ring (bicyclic) bond motifs is 1. The Hall–Kier alpha value is -4.60. The Balaban J connectivity index is 1.57. The molecule has 0 spiro atoms. The van der Waals surface area contributed by atoms with Crippen LogP contribution in [-0.2, 0) is 7.05 Å². The minimum Gasteiger partial charge on any atom is -0.366 e. The van der Waals surface area contributed by atoms with Crippen LogP contribution in [0.1, 0.15) is 41.2 Å². The quantitative estimate of drug-likeness (QED) is 0.414. The summed E-state index contributed by atoms with van der Waals surface area (Å²) in [7, 11) is 1.60. The largest absolute Gasteiger partial charge is 0.366 e. The van der Waals surface area contributed by atoms with Gasteiger partial charge in [-0.2, -0.15) is 10.5 Å². The lowest BCUT2D eigenvalue weighted by atomic mass is 9.97. The van der Waals surface area contributed by atoms with Crippen LogP contribution in [0.4, 0.5) is 10.1 Å². The second-order valence-corrected chi connectivity index (χ2v) is 9.57. The predicted octanol–water partition coefficient (Wildman–Crippen LogP) is 3.82. The van der Waals surface area contributed by atoms with Gasteiger partial charge in [-0.25, -0.2) is 9.37 Å². The number of halogens is 1. The van der Waals surface area contributed by atoms with Crippen LogP contribution in [0.3, 0.4) is 0 Å². The molecule has 0 radical (unpaired) electrons. The van der Waals surface area contributed by atoms with Gasteiger partial charge >= 0.3 is 0 Å². The molecule has 8 nitrogen and oxygen atoms in total. The van der Waals surface area contributed by atoms with Crippen LogP contribution in [-0.4, -0.2) is 45.1 Å². The van der Waals surface area contributed by atoms with E-state index in [9.17, 15) is 19.7 Å². The molecule has 4 aromatic rings. The maximum absolute atomic E-state index is 13.8. The Labute approximate surface area is 219 Å². The first-order valence-electron chi connectivity index (χ1n) is 12.4. The topological polar surface area (TPSA) is 102 Å². The van der Waals surface area contributed by atoms with Gasteiger partial charge in [0.2, 0.25) is 0 Å². The summed E-state index contributed by atoms with van der Waals surface area (Å²) in [5.41, 5.74) is 4.01. The normalized spacial score (nSPS) is 16.7. The molecule has 0 N–H and O–H groups in total. The van der Waals surface area contributed by atoms with Gasteiger partial charge in [0.15, 0.2) is 0 Å². The van der Waals surface area contributed by atoms with Crippen LogP contribution in [0.5, 0.6) is 0 Å². The van der Waals surface area contributed by atoms with Crippen molar-refractivity contribution in [3.05, 3.63) is 99.0 Å². The van der Waals surface area contributed by atoms with E-state index in [2.05, 4.69) is 28.9 Å². The Morgan fingerprint density at radius 3 is 2.45 bits per heavy atom. The van der Waals surface area contributed by atoms with Gasteiger partial charge in [0.1, 0.15) is 34.7 Å². The number of nitrogens with zero attached hydrogens (tertiary/aromatic N) is 7. The molecule has 1 aromatic carbocycles. The fourth-order valence-corrected chi connectivity index (χ4v) is 5.32. The summed E-state index contributed by atoms with van der Waals surface area (Å²) in [5, 5.41) is 19.4. The van der Waals surface area contributed by atoms with E-state index >= 15 is 0 Å². The van der Waals surface area contributed by atoms with E-state index in [1.807, 2.05) is 30.0 Å². The number of benzene rings is 1. The van der Waals surface area contributed by atoms with Gasteiger partial charge in [-0.05, 0) is 55.8 Å². The molecule has 190 valence electrons. The second-order valence-electron chi connectivity index (χ2n) is 9.57. The molecule has 1 aliphatic rings. The fraction of sp³-hybridized carbons (Fsp3) is 0.276. The first kappa shape index (κ1) is 25.1. The summed E-state index contributed by atoms with van der Waals surface area (Å²) in [6, 6.07) is 19.6. The van der Waals surface area contributed by atoms with E-state index in [0.717, 1.165) is 17.0 Å². The molecule has 1 saturated heterocycles. The van der Waals surface area contributed by atoms with Crippen LogP contribution < -0.4 is 10.5 Å². The third kappa shape index (κ3) is 4.38. The number of nitriles is 2. The average Bonchev–Trinajstić information content (AvgIpc) is 2.92.